The number of benzene rings is 1. The number of para-hydroxylation sites is 2. The quantitative estimate of drug-likeness (QED) is 0.894. The number of aryl methyl sites for hydroxylation is 1. The number of anilines is 3. The summed E-state index contributed by atoms with van der Waals surface area (Å²) in [7, 11) is 0. The summed E-state index contributed by atoms with van der Waals surface area (Å²) in [6.07, 6.45) is 2.40. The zero-order valence-electron chi connectivity index (χ0n) is 14.7. The summed E-state index contributed by atoms with van der Waals surface area (Å²) in [5.41, 5.74) is 1.89. The van der Waals surface area contributed by atoms with Crippen LogP contribution in [0.15, 0.2) is 30.3 Å². The van der Waals surface area contributed by atoms with Crippen molar-refractivity contribution in [2.45, 2.75) is 33.6 Å². The maximum absolute atomic E-state index is 5.68. The number of nitrogens with one attached hydrogen (secondary N) is 1. The Morgan fingerprint density at radius 1 is 1.21 bits per heavy atom. The zero-order chi connectivity index (χ0) is 16.9. The molecule has 24 heavy (non-hydrogen) atoms. The van der Waals surface area contributed by atoms with Gasteiger partial charge in [0.25, 0.3) is 0 Å². The lowest BCUT2D eigenvalue weighted by Crippen LogP contribution is -2.34. The Morgan fingerprint density at radius 3 is 2.71 bits per heavy atom. The van der Waals surface area contributed by atoms with Gasteiger partial charge in [-0.2, -0.15) is 4.98 Å². The molecule has 5 heteroatoms. The van der Waals surface area contributed by atoms with Crippen LogP contribution in [0, 0.1) is 12.8 Å². The van der Waals surface area contributed by atoms with Crippen molar-refractivity contribution >= 4 is 17.5 Å². The second-order valence-electron chi connectivity index (χ2n) is 6.42. The van der Waals surface area contributed by atoms with E-state index in [-0.39, 0.29) is 0 Å². The van der Waals surface area contributed by atoms with E-state index in [1.54, 1.807) is 0 Å². The predicted octanol–water partition coefficient (Wildman–Crippen LogP) is 4.16. The van der Waals surface area contributed by atoms with E-state index in [0.717, 1.165) is 47.9 Å². The molecule has 1 aromatic heterocycles. The number of aromatic nitrogens is 2. The van der Waals surface area contributed by atoms with Gasteiger partial charge < -0.3 is 15.0 Å². The number of hydrogen-bond acceptors (Lipinski definition) is 5. The molecular formula is C19H26N4O. The molecule has 3 rings (SSSR count). The van der Waals surface area contributed by atoms with Crippen LogP contribution in [0.3, 0.4) is 0 Å². The highest BCUT2D eigenvalue weighted by Crippen LogP contribution is 2.28. The molecular weight excluding hydrogens is 300 g/mol. The SMILES string of the molecule is CCOc1ccccc1Nc1cc(C)nc(N2CCC(C)CC2)n1. The molecule has 0 spiro atoms. The molecule has 0 aliphatic carbocycles. The van der Waals surface area contributed by atoms with Crippen LogP contribution < -0.4 is 15.0 Å². The van der Waals surface area contributed by atoms with Crippen LogP contribution in [0.4, 0.5) is 17.5 Å². The molecule has 1 aliphatic rings. The highest BCUT2D eigenvalue weighted by Gasteiger charge is 2.19. The maximum Gasteiger partial charge on any atom is 0.227 e. The highest BCUT2D eigenvalue weighted by atomic mass is 16.5. The maximum atomic E-state index is 5.68. The lowest BCUT2D eigenvalue weighted by molar-refractivity contribution is 0.342. The summed E-state index contributed by atoms with van der Waals surface area (Å²) in [6, 6.07) is 9.91. The van der Waals surface area contributed by atoms with E-state index < -0.39 is 0 Å². The minimum absolute atomic E-state index is 0.638. The van der Waals surface area contributed by atoms with Gasteiger partial charge in [0, 0.05) is 24.8 Å². The predicted molar refractivity (Wildman–Crippen MR) is 98.3 cm³/mol. The van der Waals surface area contributed by atoms with Crippen LogP contribution in [0.5, 0.6) is 5.75 Å². The summed E-state index contributed by atoms with van der Waals surface area (Å²) in [6.45, 7) is 9.00. The zero-order valence-corrected chi connectivity index (χ0v) is 14.7. The third kappa shape index (κ3) is 3.96. The van der Waals surface area contributed by atoms with Gasteiger partial charge in [-0.1, -0.05) is 19.1 Å². The Morgan fingerprint density at radius 2 is 1.96 bits per heavy atom. The first-order valence-corrected chi connectivity index (χ1v) is 8.75. The Hall–Kier alpha value is -2.30. The van der Waals surface area contributed by atoms with Crippen molar-refractivity contribution in [1.82, 2.24) is 9.97 Å². The van der Waals surface area contributed by atoms with Gasteiger partial charge in [-0.3, -0.25) is 0 Å². The van der Waals surface area contributed by atoms with Crippen molar-refractivity contribution < 1.29 is 4.74 Å². The highest BCUT2D eigenvalue weighted by molar-refractivity contribution is 5.64. The molecule has 1 N–H and O–H groups in total. The van der Waals surface area contributed by atoms with Gasteiger partial charge in [0.1, 0.15) is 11.6 Å². The lowest BCUT2D eigenvalue weighted by Gasteiger charge is -2.30. The van der Waals surface area contributed by atoms with Gasteiger partial charge in [-0.05, 0) is 44.7 Å². The van der Waals surface area contributed by atoms with Gasteiger partial charge in [0.2, 0.25) is 5.95 Å². The van der Waals surface area contributed by atoms with Crippen molar-refractivity contribution in [3.05, 3.63) is 36.0 Å². The molecule has 1 aliphatic heterocycles. The first-order valence-electron chi connectivity index (χ1n) is 8.75. The topological polar surface area (TPSA) is 50.3 Å². The van der Waals surface area contributed by atoms with E-state index in [0.29, 0.717) is 6.61 Å². The Labute approximate surface area is 144 Å². The summed E-state index contributed by atoms with van der Waals surface area (Å²) >= 11 is 0. The van der Waals surface area contributed by atoms with Gasteiger partial charge in [-0.25, -0.2) is 4.98 Å². The standard InChI is InChI=1S/C19H26N4O/c1-4-24-17-8-6-5-7-16(17)21-18-13-15(3)20-19(22-18)23-11-9-14(2)10-12-23/h5-8,13-14H,4,9-12H2,1-3H3,(H,20,21,22). The fraction of sp³-hybridized carbons (Fsp3) is 0.474. The van der Waals surface area contributed by atoms with Gasteiger partial charge in [0.05, 0.1) is 12.3 Å². The summed E-state index contributed by atoms with van der Waals surface area (Å²) in [5.74, 6) is 3.26. The van der Waals surface area contributed by atoms with Crippen molar-refractivity contribution in [3.8, 4) is 5.75 Å². The molecule has 2 aromatic rings. The minimum Gasteiger partial charge on any atom is -0.492 e. The fourth-order valence-corrected chi connectivity index (χ4v) is 2.96. The van der Waals surface area contributed by atoms with E-state index >= 15 is 0 Å². The number of nitrogens with zero attached hydrogens (tertiary/aromatic N) is 3. The average Bonchev–Trinajstić information content (AvgIpc) is 2.57. The number of ether oxygens (including phenoxy) is 1. The third-order valence-corrected chi connectivity index (χ3v) is 4.36. The van der Waals surface area contributed by atoms with Crippen LogP contribution in [0.25, 0.3) is 0 Å². The molecule has 5 nitrogen and oxygen atoms in total. The van der Waals surface area contributed by atoms with Crippen molar-refractivity contribution in [3.63, 3.8) is 0 Å². The smallest absolute Gasteiger partial charge is 0.227 e. The van der Waals surface area contributed by atoms with Crippen LogP contribution >= 0.6 is 0 Å². The molecule has 0 amide bonds. The molecule has 1 saturated heterocycles. The molecule has 0 atom stereocenters. The Bertz CT molecular complexity index is 681. The Kier molecular flexibility index (Phi) is 5.18. The second kappa shape index (κ2) is 7.51. The van der Waals surface area contributed by atoms with Crippen molar-refractivity contribution in [2.24, 2.45) is 5.92 Å². The summed E-state index contributed by atoms with van der Waals surface area (Å²) in [4.78, 5) is 11.6. The van der Waals surface area contributed by atoms with E-state index in [1.165, 1.54) is 12.8 Å². The molecule has 0 bridgehead atoms. The van der Waals surface area contributed by atoms with E-state index in [2.05, 4.69) is 22.1 Å². The molecule has 0 unspecified atom stereocenters. The lowest BCUT2D eigenvalue weighted by atomic mass is 10.00. The van der Waals surface area contributed by atoms with Crippen LogP contribution in [-0.2, 0) is 0 Å². The molecule has 0 saturated carbocycles. The number of rotatable bonds is 5. The Balaban J connectivity index is 1.82. The van der Waals surface area contributed by atoms with Crippen LogP contribution in [0.1, 0.15) is 32.4 Å². The van der Waals surface area contributed by atoms with E-state index in [4.69, 9.17) is 9.72 Å². The second-order valence-corrected chi connectivity index (χ2v) is 6.42. The largest absolute Gasteiger partial charge is 0.492 e. The third-order valence-electron chi connectivity index (χ3n) is 4.36. The van der Waals surface area contributed by atoms with E-state index in [9.17, 15) is 0 Å². The van der Waals surface area contributed by atoms with Gasteiger partial charge in [0.15, 0.2) is 0 Å². The monoisotopic (exact) mass is 326 g/mol. The molecule has 1 fully saturated rings. The first-order chi connectivity index (χ1) is 11.7. The van der Waals surface area contributed by atoms with E-state index in [1.807, 2.05) is 44.2 Å². The average molecular weight is 326 g/mol. The first kappa shape index (κ1) is 16.6. The van der Waals surface area contributed by atoms with Gasteiger partial charge in [-0.15, -0.1) is 0 Å². The molecule has 0 radical (unpaired) electrons. The number of hydrogen-bond donors (Lipinski definition) is 1. The van der Waals surface area contributed by atoms with Gasteiger partial charge >= 0.3 is 0 Å². The minimum atomic E-state index is 0.638. The van der Waals surface area contributed by atoms with Crippen molar-refractivity contribution in [2.75, 3.05) is 29.9 Å². The molecule has 1 aromatic carbocycles. The number of piperidine rings is 1. The fourth-order valence-electron chi connectivity index (χ4n) is 2.96. The molecule has 128 valence electrons. The van der Waals surface area contributed by atoms with Crippen LogP contribution in [0.2, 0.25) is 0 Å². The molecule has 2 heterocycles. The summed E-state index contributed by atoms with van der Waals surface area (Å²) in [5, 5.41) is 3.38. The normalized spacial score (nSPS) is 15.4. The summed E-state index contributed by atoms with van der Waals surface area (Å²) < 4.78 is 5.68. The van der Waals surface area contributed by atoms with Crippen molar-refractivity contribution in [1.29, 1.82) is 0 Å². The van der Waals surface area contributed by atoms with Crippen LogP contribution in [-0.4, -0.2) is 29.7 Å².